The van der Waals surface area contributed by atoms with Crippen LogP contribution in [0.15, 0.2) is 30.3 Å². The Morgan fingerprint density at radius 2 is 1.64 bits per heavy atom. The molecule has 1 aromatic heterocycles. The maximum Gasteiger partial charge on any atom is 0.419 e. The summed E-state index contributed by atoms with van der Waals surface area (Å²) in [5.41, 5.74) is -3.43. The fourth-order valence-electron chi connectivity index (χ4n) is 2.46. The third-order valence-corrected chi connectivity index (χ3v) is 3.72. The van der Waals surface area contributed by atoms with Gasteiger partial charge in [0.1, 0.15) is 17.9 Å². The number of rotatable bonds is 6. The number of halogens is 3. The molecule has 1 aromatic carbocycles. The Labute approximate surface area is 157 Å². The van der Waals surface area contributed by atoms with E-state index < -0.39 is 53.0 Å². The first kappa shape index (κ1) is 21.0. The van der Waals surface area contributed by atoms with Gasteiger partial charge in [-0.3, -0.25) is 4.79 Å². The van der Waals surface area contributed by atoms with Crippen LogP contribution in [0.2, 0.25) is 0 Å². The summed E-state index contributed by atoms with van der Waals surface area (Å²) in [6.45, 7) is -0.282. The van der Waals surface area contributed by atoms with Gasteiger partial charge in [0.25, 0.3) is 0 Å². The zero-order valence-electron chi connectivity index (χ0n) is 14.9. The van der Waals surface area contributed by atoms with Gasteiger partial charge in [-0.2, -0.15) is 13.2 Å². The van der Waals surface area contributed by atoms with E-state index in [4.69, 9.17) is 4.74 Å². The minimum absolute atomic E-state index is 0.282. The number of H-pyrrole nitrogens is 1. The Balaban J connectivity index is 2.47. The molecule has 1 heterocycles. The van der Waals surface area contributed by atoms with Gasteiger partial charge in [-0.05, 0) is 5.56 Å². The molecular weight excluding hydrogens is 383 g/mol. The second-order valence-corrected chi connectivity index (χ2v) is 5.53. The molecule has 7 nitrogen and oxygen atoms in total. The van der Waals surface area contributed by atoms with Gasteiger partial charge < -0.3 is 19.2 Å². The monoisotopic (exact) mass is 399 g/mol. The molecule has 0 aliphatic carbocycles. The van der Waals surface area contributed by atoms with Gasteiger partial charge in [-0.25, -0.2) is 9.59 Å². The first-order valence-electron chi connectivity index (χ1n) is 7.87. The standard InChI is InChI=1S/C18H16F3NO6/c1-26-12(23)8-11-13(16(24)27-2)14(18(19,20)21)15(22-11)17(25)28-9-10-6-4-3-5-7-10/h3-7,22H,8-9H2,1-2H3. The second kappa shape index (κ2) is 8.59. The minimum atomic E-state index is -5.09. The second-order valence-electron chi connectivity index (χ2n) is 5.53. The number of aromatic amines is 1. The molecule has 2 rings (SSSR count). The molecule has 2 aromatic rings. The predicted molar refractivity (Wildman–Crippen MR) is 88.4 cm³/mol. The summed E-state index contributed by atoms with van der Waals surface area (Å²) in [6.07, 6.45) is -5.79. The number of carbonyl (C=O) groups is 3. The molecule has 1 N–H and O–H groups in total. The van der Waals surface area contributed by atoms with Gasteiger partial charge >= 0.3 is 24.1 Å². The summed E-state index contributed by atoms with van der Waals surface area (Å²) < 4.78 is 54.6. The molecule has 0 unspecified atom stereocenters. The SMILES string of the molecule is COC(=O)Cc1[nH]c(C(=O)OCc2ccccc2)c(C(F)(F)F)c1C(=O)OC. The average molecular weight is 399 g/mol. The normalized spacial score (nSPS) is 11.0. The largest absolute Gasteiger partial charge is 0.469 e. The molecular formula is C18H16F3NO6. The Hall–Kier alpha value is -3.30. The van der Waals surface area contributed by atoms with Crippen LogP contribution >= 0.6 is 0 Å². The third kappa shape index (κ3) is 4.70. The Bertz CT molecular complexity index is 873. The Morgan fingerprint density at radius 3 is 2.18 bits per heavy atom. The number of methoxy groups -OCH3 is 2. The van der Waals surface area contributed by atoms with Crippen LogP contribution in [0.5, 0.6) is 0 Å². The van der Waals surface area contributed by atoms with Gasteiger partial charge in [-0.1, -0.05) is 30.3 Å². The number of hydrogen-bond acceptors (Lipinski definition) is 6. The van der Waals surface area contributed by atoms with Crippen molar-refractivity contribution in [2.75, 3.05) is 14.2 Å². The molecule has 0 fully saturated rings. The molecule has 0 radical (unpaired) electrons. The van der Waals surface area contributed by atoms with Crippen molar-refractivity contribution in [3.63, 3.8) is 0 Å². The van der Waals surface area contributed by atoms with Gasteiger partial charge in [-0.15, -0.1) is 0 Å². The van der Waals surface area contributed by atoms with Crippen LogP contribution in [0.4, 0.5) is 13.2 Å². The van der Waals surface area contributed by atoms with Crippen LogP contribution in [-0.4, -0.2) is 37.1 Å². The van der Waals surface area contributed by atoms with E-state index in [1.807, 2.05) is 0 Å². The lowest BCUT2D eigenvalue weighted by Crippen LogP contribution is -2.18. The molecule has 0 aliphatic rings. The number of esters is 3. The van der Waals surface area contributed by atoms with E-state index in [9.17, 15) is 27.6 Å². The predicted octanol–water partition coefficient (Wildman–Crippen LogP) is 2.89. The van der Waals surface area contributed by atoms with Gasteiger partial charge in [0, 0.05) is 5.69 Å². The van der Waals surface area contributed by atoms with Crippen LogP contribution in [-0.2, 0) is 38.2 Å². The number of aromatic nitrogens is 1. The summed E-state index contributed by atoms with van der Waals surface area (Å²) in [4.78, 5) is 37.9. The van der Waals surface area contributed by atoms with E-state index in [-0.39, 0.29) is 6.61 Å². The lowest BCUT2D eigenvalue weighted by Gasteiger charge is -2.10. The highest BCUT2D eigenvalue weighted by molar-refractivity contribution is 6.00. The summed E-state index contributed by atoms with van der Waals surface area (Å²) in [7, 11) is 1.91. The molecule has 0 bridgehead atoms. The van der Waals surface area contributed by atoms with E-state index in [0.29, 0.717) is 5.56 Å². The van der Waals surface area contributed by atoms with E-state index in [0.717, 1.165) is 14.2 Å². The molecule has 28 heavy (non-hydrogen) atoms. The quantitative estimate of drug-likeness (QED) is 0.593. The van der Waals surface area contributed by atoms with Crippen molar-refractivity contribution in [3.05, 3.63) is 58.4 Å². The number of alkyl halides is 3. The van der Waals surface area contributed by atoms with E-state index in [2.05, 4.69) is 14.5 Å². The molecule has 10 heteroatoms. The fraction of sp³-hybridized carbons (Fsp3) is 0.278. The summed E-state index contributed by atoms with van der Waals surface area (Å²) in [6, 6.07) is 8.30. The van der Waals surface area contributed by atoms with E-state index in [1.165, 1.54) is 0 Å². The molecule has 0 atom stereocenters. The highest BCUT2D eigenvalue weighted by Gasteiger charge is 2.44. The van der Waals surface area contributed by atoms with E-state index in [1.54, 1.807) is 30.3 Å². The van der Waals surface area contributed by atoms with Crippen molar-refractivity contribution in [3.8, 4) is 0 Å². The van der Waals surface area contributed by atoms with Gasteiger partial charge in [0.2, 0.25) is 0 Å². The zero-order chi connectivity index (χ0) is 20.9. The summed E-state index contributed by atoms with van der Waals surface area (Å²) in [5, 5.41) is 0. The molecule has 0 spiro atoms. The van der Waals surface area contributed by atoms with Crippen LogP contribution in [0.3, 0.4) is 0 Å². The number of ether oxygens (including phenoxy) is 3. The smallest absolute Gasteiger partial charge is 0.419 e. The fourth-order valence-corrected chi connectivity index (χ4v) is 2.46. The van der Waals surface area contributed by atoms with Crippen molar-refractivity contribution in [1.29, 1.82) is 0 Å². The maximum atomic E-state index is 13.6. The highest BCUT2D eigenvalue weighted by atomic mass is 19.4. The Morgan fingerprint density at radius 1 is 1.00 bits per heavy atom. The molecule has 0 saturated carbocycles. The van der Waals surface area contributed by atoms with Crippen molar-refractivity contribution in [1.82, 2.24) is 4.98 Å². The van der Waals surface area contributed by atoms with Crippen LogP contribution in [0.1, 0.15) is 37.7 Å². The summed E-state index contributed by atoms with van der Waals surface area (Å²) in [5.74, 6) is -3.61. The number of hydrogen-bond donors (Lipinski definition) is 1. The lowest BCUT2D eigenvalue weighted by atomic mass is 10.1. The highest BCUT2D eigenvalue weighted by Crippen LogP contribution is 2.37. The molecule has 0 saturated heterocycles. The van der Waals surface area contributed by atoms with Crippen LogP contribution < -0.4 is 0 Å². The van der Waals surface area contributed by atoms with E-state index >= 15 is 0 Å². The zero-order valence-corrected chi connectivity index (χ0v) is 14.9. The van der Waals surface area contributed by atoms with Crippen LogP contribution in [0.25, 0.3) is 0 Å². The van der Waals surface area contributed by atoms with Gasteiger partial charge in [0.05, 0.1) is 26.2 Å². The van der Waals surface area contributed by atoms with Crippen molar-refractivity contribution in [2.24, 2.45) is 0 Å². The Kier molecular flexibility index (Phi) is 6.45. The number of benzene rings is 1. The number of nitrogens with one attached hydrogen (secondary N) is 1. The molecule has 0 amide bonds. The van der Waals surface area contributed by atoms with Crippen molar-refractivity contribution < 1.29 is 41.8 Å². The van der Waals surface area contributed by atoms with Gasteiger partial charge in [0.15, 0.2) is 0 Å². The molecule has 150 valence electrons. The topological polar surface area (TPSA) is 94.7 Å². The number of carbonyl (C=O) groups excluding carboxylic acids is 3. The van der Waals surface area contributed by atoms with Crippen molar-refractivity contribution >= 4 is 17.9 Å². The average Bonchev–Trinajstić information content (AvgIpc) is 3.05. The van der Waals surface area contributed by atoms with Crippen LogP contribution in [0, 0.1) is 0 Å². The maximum absolute atomic E-state index is 13.6. The summed E-state index contributed by atoms with van der Waals surface area (Å²) >= 11 is 0. The minimum Gasteiger partial charge on any atom is -0.469 e. The molecule has 0 aliphatic heterocycles. The lowest BCUT2D eigenvalue weighted by molar-refractivity contribution is -0.140. The third-order valence-electron chi connectivity index (χ3n) is 3.72. The first-order chi connectivity index (χ1) is 13.2. The first-order valence-corrected chi connectivity index (χ1v) is 7.87. The van der Waals surface area contributed by atoms with Crippen molar-refractivity contribution in [2.45, 2.75) is 19.2 Å².